The van der Waals surface area contributed by atoms with Crippen molar-refractivity contribution in [1.29, 1.82) is 0 Å². The van der Waals surface area contributed by atoms with E-state index < -0.39 is 5.91 Å². The van der Waals surface area contributed by atoms with E-state index in [-0.39, 0.29) is 18.9 Å². The van der Waals surface area contributed by atoms with Gasteiger partial charge in [-0.2, -0.15) is 0 Å². The number of rotatable bonds is 8. The molecule has 0 radical (unpaired) electrons. The predicted molar refractivity (Wildman–Crippen MR) is 63.6 cm³/mol. The lowest BCUT2D eigenvalue weighted by atomic mass is 10.2. The molecule has 0 aromatic carbocycles. The fourth-order valence-electron chi connectivity index (χ4n) is 1.53. The van der Waals surface area contributed by atoms with Gasteiger partial charge in [0.2, 0.25) is 11.7 Å². The summed E-state index contributed by atoms with van der Waals surface area (Å²) in [5.41, 5.74) is 5.14. The van der Waals surface area contributed by atoms with E-state index in [9.17, 15) is 9.59 Å². The molecule has 1 aromatic heterocycles. The number of primary amides is 1. The second-order valence-corrected chi connectivity index (χ2v) is 3.93. The first-order chi connectivity index (χ1) is 8.13. The largest absolute Gasteiger partial charge is 0.461 e. The number of nitrogens with two attached hydrogens (primary N) is 1. The molecule has 0 saturated carbocycles. The third kappa shape index (κ3) is 4.82. The normalized spacial score (nSPS) is 10.7. The van der Waals surface area contributed by atoms with Crippen LogP contribution in [0.25, 0.3) is 0 Å². The van der Waals surface area contributed by atoms with Gasteiger partial charge in [0.15, 0.2) is 5.76 Å². The van der Waals surface area contributed by atoms with E-state index in [1.54, 1.807) is 17.0 Å². The lowest BCUT2D eigenvalue weighted by Gasteiger charge is -2.18. The number of hydrogen-bond donors (Lipinski definition) is 1. The molecular weight excluding hydrogens is 220 g/mol. The maximum Gasteiger partial charge on any atom is 0.231 e. The molecule has 1 rings (SSSR count). The van der Waals surface area contributed by atoms with Crippen LogP contribution in [0.4, 0.5) is 0 Å². The minimum absolute atomic E-state index is 0.104. The Morgan fingerprint density at radius 2 is 2.18 bits per heavy atom. The van der Waals surface area contributed by atoms with Gasteiger partial charge in [-0.3, -0.25) is 14.5 Å². The topological polar surface area (TPSA) is 76.5 Å². The molecule has 1 amide bonds. The van der Waals surface area contributed by atoms with Crippen LogP contribution >= 0.6 is 0 Å². The van der Waals surface area contributed by atoms with E-state index >= 15 is 0 Å². The molecule has 0 atom stereocenters. The highest BCUT2D eigenvalue weighted by molar-refractivity contribution is 5.95. The number of carbonyl (C=O) groups excluding carboxylic acids is 2. The average Bonchev–Trinajstić information content (AvgIpc) is 2.78. The van der Waals surface area contributed by atoms with Crippen molar-refractivity contribution in [3.8, 4) is 0 Å². The smallest absolute Gasteiger partial charge is 0.231 e. The molecule has 0 fully saturated rings. The Morgan fingerprint density at radius 1 is 1.41 bits per heavy atom. The van der Waals surface area contributed by atoms with Crippen molar-refractivity contribution in [3.63, 3.8) is 0 Å². The standard InChI is InChI=1S/C12H18N2O3/c1-2-3-6-14(9-12(13)16)8-10(15)11-5-4-7-17-11/h4-5,7H,2-3,6,8-9H2,1H3,(H2,13,16). The van der Waals surface area contributed by atoms with Crippen LogP contribution in [-0.2, 0) is 4.79 Å². The lowest BCUT2D eigenvalue weighted by molar-refractivity contribution is -0.119. The molecule has 0 aliphatic heterocycles. The van der Waals surface area contributed by atoms with Crippen LogP contribution in [0.3, 0.4) is 0 Å². The van der Waals surface area contributed by atoms with Gasteiger partial charge in [-0.15, -0.1) is 0 Å². The zero-order valence-corrected chi connectivity index (χ0v) is 10.0. The third-order valence-corrected chi connectivity index (χ3v) is 2.37. The summed E-state index contributed by atoms with van der Waals surface area (Å²) in [6, 6.07) is 3.28. The van der Waals surface area contributed by atoms with Crippen LogP contribution in [0.15, 0.2) is 22.8 Å². The number of nitrogens with zero attached hydrogens (tertiary/aromatic N) is 1. The molecule has 17 heavy (non-hydrogen) atoms. The Labute approximate surface area is 101 Å². The minimum Gasteiger partial charge on any atom is -0.461 e. The zero-order valence-electron chi connectivity index (χ0n) is 10.0. The minimum atomic E-state index is -0.423. The molecule has 0 saturated heterocycles. The molecule has 1 aromatic rings. The van der Waals surface area contributed by atoms with Crippen molar-refractivity contribution in [3.05, 3.63) is 24.2 Å². The summed E-state index contributed by atoms with van der Waals surface area (Å²) in [5, 5.41) is 0. The predicted octanol–water partition coefficient (Wildman–Crippen LogP) is 1.05. The molecule has 1 heterocycles. The summed E-state index contributed by atoms with van der Waals surface area (Å²) in [4.78, 5) is 24.4. The zero-order chi connectivity index (χ0) is 12.7. The van der Waals surface area contributed by atoms with Gasteiger partial charge in [0.1, 0.15) is 0 Å². The van der Waals surface area contributed by atoms with Crippen molar-refractivity contribution >= 4 is 11.7 Å². The van der Waals surface area contributed by atoms with Crippen LogP contribution in [0.1, 0.15) is 30.3 Å². The first-order valence-corrected chi connectivity index (χ1v) is 5.70. The molecule has 5 nitrogen and oxygen atoms in total. The van der Waals surface area contributed by atoms with E-state index in [4.69, 9.17) is 10.2 Å². The molecule has 0 aliphatic carbocycles. The van der Waals surface area contributed by atoms with Crippen LogP contribution in [0.2, 0.25) is 0 Å². The van der Waals surface area contributed by atoms with Crippen molar-refractivity contribution < 1.29 is 14.0 Å². The fourth-order valence-corrected chi connectivity index (χ4v) is 1.53. The maximum atomic E-state index is 11.8. The molecule has 0 aliphatic rings. The number of carbonyl (C=O) groups is 2. The van der Waals surface area contributed by atoms with Gasteiger partial charge < -0.3 is 10.2 Å². The number of ketones is 1. The summed E-state index contributed by atoms with van der Waals surface area (Å²) in [7, 11) is 0. The first-order valence-electron chi connectivity index (χ1n) is 5.70. The van der Waals surface area contributed by atoms with Crippen LogP contribution in [0, 0.1) is 0 Å². The Balaban J connectivity index is 2.52. The molecule has 5 heteroatoms. The molecule has 0 bridgehead atoms. The quantitative estimate of drug-likeness (QED) is 0.687. The SMILES string of the molecule is CCCCN(CC(N)=O)CC(=O)c1ccco1. The van der Waals surface area contributed by atoms with Crippen molar-refractivity contribution in [2.75, 3.05) is 19.6 Å². The summed E-state index contributed by atoms with van der Waals surface area (Å²) in [6.45, 7) is 3.01. The summed E-state index contributed by atoms with van der Waals surface area (Å²) in [6.07, 6.45) is 3.39. The second-order valence-electron chi connectivity index (χ2n) is 3.93. The highest BCUT2D eigenvalue weighted by atomic mass is 16.3. The Hall–Kier alpha value is -1.62. The van der Waals surface area contributed by atoms with Crippen LogP contribution in [0.5, 0.6) is 0 Å². The van der Waals surface area contributed by atoms with E-state index in [2.05, 4.69) is 6.92 Å². The van der Waals surface area contributed by atoms with Crippen molar-refractivity contribution in [1.82, 2.24) is 4.90 Å². The molecular formula is C12H18N2O3. The fraction of sp³-hybridized carbons (Fsp3) is 0.500. The number of unbranched alkanes of at least 4 members (excludes halogenated alkanes) is 1. The monoisotopic (exact) mass is 238 g/mol. The highest BCUT2D eigenvalue weighted by Gasteiger charge is 2.15. The van der Waals surface area contributed by atoms with Gasteiger partial charge in [0, 0.05) is 0 Å². The van der Waals surface area contributed by atoms with Gasteiger partial charge in [0.25, 0.3) is 0 Å². The summed E-state index contributed by atoms with van der Waals surface area (Å²) >= 11 is 0. The second kappa shape index (κ2) is 6.85. The number of hydrogen-bond acceptors (Lipinski definition) is 4. The lowest BCUT2D eigenvalue weighted by Crippen LogP contribution is -2.37. The van der Waals surface area contributed by atoms with E-state index in [1.165, 1.54) is 6.26 Å². The van der Waals surface area contributed by atoms with Crippen molar-refractivity contribution in [2.24, 2.45) is 5.73 Å². The van der Waals surface area contributed by atoms with E-state index in [0.717, 1.165) is 12.8 Å². The molecule has 2 N–H and O–H groups in total. The Kier molecular flexibility index (Phi) is 5.42. The van der Waals surface area contributed by atoms with E-state index in [0.29, 0.717) is 12.3 Å². The highest BCUT2D eigenvalue weighted by Crippen LogP contribution is 2.04. The molecule has 0 spiro atoms. The van der Waals surface area contributed by atoms with Gasteiger partial charge >= 0.3 is 0 Å². The number of Topliss-reactive ketones (excluding diaryl/α,β-unsaturated/α-hetero) is 1. The van der Waals surface area contributed by atoms with Gasteiger partial charge in [-0.25, -0.2) is 0 Å². The third-order valence-electron chi connectivity index (χ3n) is 2.37. The maximum absolute atomic E-state index is 11.8. The average molecular weight is 238 g/mol. The van der Waals surface area contributed by atoms with Crippen LogP contribution in [-0.4, -0.2) is 36.2 Å². The first kappa shape index (κ1) is 13.4. The van der Waals surface area contributed by atoms with Gasteiger partial charge in [-0.05, 0) is 25.1 Å². The number of furan rings is 1. The Morgan fingerprint density at radius 3 is 2.71 bits per heavy atom. The van der Waals surface area contributed by atoms with Crippen molar-refractivity contribution in [2.45, 2.75) is 19.8 Å². The molecule has 94 valence electrons. The molecule has 0 unspecified atom stereocenters. The van der Waals surface area contributed by atoms with E-state index in [1.807, 2.05) is 0 Å². The van der Waals surface area contributed by atoms with Gasteiger partial charge in [0.05, 0.1) is 19.4 Å². The van der Waals surface area contributed by atoms with Gasteiger partial charge in [-0.1, -0.05) is 13.3 Å². The van der Waals surface area contributed by atoms with Crippen LogP contribution < -0.4 is 5.73 Å². The summed E-state index contributed by atoms with van der Waals surface area (Å²) < 4.78 is 5.01. The summed E-state index contributed by atoms with van der Waals surface area (Å²) in [5.74, 6) is -0.239. The Bertz CT molecular complexity index is 360. The number of amides is 1.